The molecule has 1 aromatic rings. The summed E-state index contributed by atoms with van der Waals surface area (Å²) in [5.74, 6) is 1.65. The fraction of sp³-hybridized carbons (Fsp3) is 0.444. The first kappa shape index (κ1) is 9.64. The quantitative estimate of drug-likeness (QED) is 0.531. The molecule has 0 saturated heterocycles. The number of hydrogen-bond acceptors (Lipinski definition) is 2. The zero-order valence-electron chi connectivity index (χ0n) is 8.16. The Hall–Kier alpha value is -1.45. The molecule has 4 heteroatoms. The average molecular weight is 181 g/mol. The third kappa shape index (κ3) is 2.50. The van der Waals surface area contributed by atoms with Gasteiger partial charge in [0.05, 0.1) is 12.3 Å². The number of guanidine groups is 1. The summed E-state index contributed by atoms with van der Waals surface area (Å²) in [4.78, 5) is 4.01. The highest BCUT2D eigenvalue weighted by Crippen LogP contribution is 2.11. The first-order chi connectivity index (χ1) is 6.27. The second kappa shape index (κ2) is 4.54. The van der Waals surface area contributed by atoms with Crippen LogP contribution >= 0.6 is 0 Å². The van der Waals surface area contributed by atoms with Gasteiger partial charge >= 0.3 is 0 Å². The number of nitrogens with zero attached hydrogens (tertiary/aromatic N) is 1. The van der Waals surface area contributed by atoms with E-state index in [2.05, 4.69) is 15.6 Å². The Morgan fingerprint density at radius 1 is 1.62 bits per heavy atom. The molecule has 0 radical (unpaired) electrons. The fourth-order valence-corrected chi connectivity index (χ4v) is 1.06. The molecule has 13 heavy (non-hydrogen) atoms. The maximum absolute atomic E-state index is 5.24. The smallest absolute Gasteiger partial charge is 0.191 e. The lowest BCUT2D eigenvalue weighted by Gasteiger charge is -2.13. The van der Waals surface area contributed by atoms with E-state index in [1.807, 2.05) is 26.1 Å². The molecule has 0 fully saturated rings. The summed E-state index contributed by atoms with van der Waals surface area (Å²) in [6.45, 7) is 2.02. The van der Waals surface area contributed by atoms with Crippen molar-refractivity contribution in [2.45, 2.75) is 13.0 Å². The molecule has 1 aromatic heterocycles. The molecule has 0 bridgehead atoms. The minimum absolute atomic E-state index is 0.126. The lowest BCUT2D eigenvalue weighted by Crippen LogP contribution is -2.36. The van der Waals surface area contributed by atoms with E-state index in [9.17, 15) is 0 Å². The molecule has 0 aliphatic carbocycles. The first-order valence-corrected chi connectivity index (χ1v) is 4.22. The molecule has 72 valence electrons. The SMILES string of the molecule is CN=C(NC)N[C@H](C)c1ccco1. The van der Waals surface area contributed by atoms with Crippen LogP contribution in [0.25, 0.3) is 0 Å². The number of rotatable bonds is 2. The molecular weight excluding hydrogens is 166 g/mol. The standard InChI is InChI=1S/C9H15N3O/c1-7(8-5-4-6-13-8)12-9(10-2)11-3/h4-7H,1-3H3,(H2,10,11,12)/t7-/m1/s1. The largest absolute Gasteiger partial charge is 0.467 e. The number of nitrogens with one attached hydrogen (secondary N) is 2. The van der Waals surface area contributed by atoms with Gasteiger partial charge in [0.25, 0.3) is 0 Å². The van der Waals surface area contributed by atoms with E-state index in [4.69, 9.17) is 4.42 Å². The summed E-state index contributed by atoms with van der Waals surface area (Å²) in [5, 5.41) is 6.11. The van der Waals surface area contributed by atoms with Crippen LogP contribution in [0.4, 0.5) is 0 Å². The van der Waals surface area contributed by atoms with Gasteiger partial charge in [0, 0.05) is 14.1 Å². The minimum atomic E-state index is 0.126. The predicted octanol–water partition coefficient (Wildman–Crippen LogP) is 1.14. The molecule has 1 rings (SSSR count). The van der Waals surface area contributed by atoms with Crippen molar-refractivity contribution < 1.29 is 4.42 Å². The van der Waals surface area contributed by atoms with Crippen molar-refractivity contribution in [3.05, 3.63) is 24.2 Å². The molecule has 0 aliphatic rings. The van der Waals surface area contributed by atoms with Crippen molar-refractivity contribution in [1.82, 2.24) is 10.6 Å². The fourth-order valence-electron chi connectivity index (χ4n) is 1.06. The summed E-state index contributed by atoms with van der Waals surface area (Å²) in [6.07, 6.45) is 1.66. The van der Waals surface area contributed by atoms with E-state index in [0.29, 0.717) is 0 Å². The highest BCUT2D eigenvalue weighted by molar-refractivity contribution is 5.79. The second-order valence-corrected chi connectivity index (χ2v) is 2.70. The summed E-state index contributed by atoms with van der Waals surface area (Å²) in [7, 11) is 3.55. The molecule has 0 saturated carbocycles. The van der Waals surface area contributed by atoms with E-state index in [0.717, 1.165) is 11.7 Å². The van der Waals surface area contributed by atoms with Crippen LogP contribution in [0.2, 0.25) is 0 Å². The Bertz CT molecular complexity index is 266. The molecule has 0 amide bonds. The van der Waals surface area contributed by atoms with Crippen LogP contribution in [0, 0.1) is 0 Å². The van der Waals surface area contributed by atoms with Gasteiger partial charge in [-0.25, -0.2) is 0 Å². The number of hydrogen-bond donors (Lipinski definition) is 2. The van der Waals surface area contributed by atoms with Crippen LogP contribution in [-0.4, -0.2) is 20.1 Å². The minimum Gasteiger partial charge on any atom is -0.467 e. The summed E-state index contributed by atoms with van der Waals surface area (Å²) in [6, 6.07) is 3.93. The van der Waals surface area contributed by atoms with E-state index in [1.165, 1.54) is 0 Å². The van der Waals surface area contributed by atoms with E-state index >= 15 is 0 Å². The molecule has 0 spiro atoms. The van der Waals surface area contributed by atoms with Crippen molar-refractivity contribution in [2.75, 3.05) is 14.1 Å². The molecule has 0 aliphatic heterocycles. The van der Waals surface area contributed by atoms with Gasteiger partial charge in [0.15, 0.2) is 5.96 Å². The maximum Gasteiger partial charge on any atom is 0.191 e. The van der Waals surface area contributed by atoms with Crippen LogP contribution in [0.1, 0.15) is 18.7 Å². The third-order valence-electron chi connectivity index (χ3n) is 1.78. The van der Waals surface area contributed by atoms with E-state index in [-0.39, 0.29) is 6.04 Å². The van der Waals surface area contributed by atoms with Gasteiger partial charge in [-0.3, -0.25) is 4.99 Å². The lowest BCUT2D eigenvalue weighted by molar-refractivity contribution is 0.461. The van der Waals surface area contributed by atoms with Crippen LogP contribution in [0.3, 0.4) is 0 Å². The van der Waals surface area contributed by atoms with Crippen molar-refractivity contribution in [1.29, 1.82) is 0 Å². The van der Waals surface area contributed by atoms with Gasteiger partial charge in [-0.05, 0) is 19.1 Å². The van der Waals surface area contributed by atoms with Crippen LogP contribution in [0.15, 0.2) is 27.8 Å². The monoisotopic (exact) mass is 181 g/mol. The van der Waals surface area contributed by atoms with Crippen molar-refractivity contribution in [2.24, 2.45) is 4.99 Å². The Labute approximate surface area is 78.0 Å². The molecular formula is C9H15N3O. The highest BCUT2D eigenvalue weighted by Gasteiger charge is 2.08. The third-order valence-corrected chi connectivity index (χ3v) is 1.78. The van der Waals surface area contributed by atoms with Crippen molar-refractivity contribution in [3.8, 4) is 0 Å². The molecule has 1 atom stereocenters. The van der Waals surface area contributed by atoms with Crippen molar-refractivity contribution in [3.63, 3.8) is 0 Å². The zero-order valence-corrected chi connectivity index (χ0v) is 8.16. The summed E-state index contributed by atoms with van der Waals surface area (Å²) >= 11 is 0. The van der Waals surface area contributed by atoms with Crippen LogP contribution in [0.5, 0.6) is 0 Å². The molecule has 1 heterocycles. The Balaban J connectivity index is 2.55. The zero-order chi connectivity index (χ0) is 9.68. The van der Waals surface area contributed by atoms with Crippen LogP contribution in [-0.2, 0) is 0 Å². The number of furan rings is 1. The summed E-state index contributed by atoms with van der Waals surface area (Å²) in [5.41, 5.74) is 0. The van der Waals surface area contributed by atoms with Gasteiger partial charge in [0.2, 0.25) is 0 Å². The Kier molecular flexibility index (Phi) is 3.37. The predicted molar refractivity (Wildman–Crippen MR) is 52.7 cm³/mol. The highest BCUT2D eigenvalue weighted by atomic mass is 16.3. The topological polar surface area (TPSA) is 49.6 Å². The average Bonchev–Trinajstić information content (AvgIpc) is 2.66. The van der Waals surface area contributed by atoms with Gasteiger partial charge < -0.3 is 15.1 Å². The van der Waals surface area contributed by atoms with E-state index in [1.54, 1.807) is 13.3 Å². The first-order valence-electron chi connectivity index (χ1n) is 4.22. The maximum atomic E-state index is 5.24. The second-order valence-electron chi connectivity index (χ2n) is 2.70. The van der Waals surface area contributed by atoms with Crippen LogP contribution < -0.4 is 10.6 Å². The van der Waals surface area contributed by atoms with Gasteiger partial charge in [-0.15, -0.1) is 0 Å². The molecule has 0 unspecified atom stereocenters. The van der Waals surface area contributed by atoms with Crippen molar-refractivity contribution >= 4 is 5.96 Å². The molecule has 0 aromatic carbocycles. The van der Waals surface area contributed by atoms with Gasteiger partial charge in [0.1, 0.15) is 5.76 Å². The Morgan fingerprint density at radius 3 is 2.85 bits per heavy atom. The van der Waals surface area contributed by atoms with Gasteiger partial charge in [-0.2, -0.15) is 0 Å². The number of aliphatic imine (C=N–C) groups is 1. The molecule has 2 N–H and O–H groups in total. The van der Waals surface area contributed by atoms with Gasteiger partial charge in [-0.1, -0.05) is 0 Å². The molecule has 4 nitrogen and oxygen atoms in total. The summed E-state index contributed by atoms with van der Waals surface area (Å²) < 4.78 is 5.24. The normalized spacial score (nSPS) is 13.9. The lowest BCUT2D eigenvalue weighted by atomic mass is 10.2. The van der Waals surface area contributed by atoms with E-state index < -0.39 is 0 Å². The Morgan fingerprint density at radius 2 is 2.38 bits per heavy atom.